The van der Waals surface area contributed by atoms with Gasteiger partial charge in [0.2, 0.25) is 11.3 Å². The molecule has 33 heavy (non-hydrogen) atoms. The molecule has 1 aliphatic rings. The quantitative estimate of drug-likeness (QED) is 0.642. The van der Waals surface area contributed by atoms with E-state index in [0.717, 1.165) is 5.56 Å². The van der Waals surface area contributed by atoms with Crippen molar-refractivity contribution >= 4 is 28.4 Å². The maximum absolute atomic E-state index is 15.1. The number of pyridine rings is 2. The first-order valence-corrected chi connectivity index (χ1v) is 10.9. The van der Waals surface area contributed by atoms with Crippen LogP contribution in [-0.2, 0) is 17.9 Å². The Morgan fingerprint density at radius 1 is 1.12 bits per heavy atom. The van der Waals surface area contributed by atoms with Gasteiger partial charge in [-0.3, -0.25) is 19.4 Å². The molecule has 0 atom stereocenters. The van der Waals surface area contributed by atoms with Crippen LogP contribution in [0.15, 0.2) is 47.7 Å². The minimum absolute atomic E-state index is 0.00296. The van der Waals surface area contributed by atoms with E-state index >= 15 is 4.39 Å². The third kappa shape index (κ3) is 4.57. The first-order chi connectivity index (χ1) is 15.9. The highest BCUT2D eigenvalue weighted by Crippen LogP contribution is 2.26. The van der Waals surface area contributed by atoms with Gasteiger partial charge in [-0.1, -0.05) is 0 Å². The zero-order valence-corrected chi connectivity index (χ0v) is 18.7. The number of halogens is 1. The van der Waals surface area contributed by atoms with Crippen molar-refractivity contribution in [1.82, 2.24) is 19.8 Å². The third-order valence-corrected chi connectivity index (χ3v) is 6.00. The molecule has 2 amide bonds. The third-order valence-electron chi connectivity index (χ3n) is 6.00. The summed E-state index contributed by atoms with van der Waals surface area (Å²) in [5.41, 5.74) is 1.28. The van der Waals surface area contributed by atoms with Gasteiger partial charge >= 0.3 is 0 Å². The van der Waals surface area contributed by atoms with Crippen LogP contribution < -0.4 is 15.6 Å². The predicted octanol–water partition coefficient (Wildman–Crippen LogP) is 2.15. The molecule has 4 rings (SSSR count). The van der Waals surface area contributed by atoms with Crippen LogP contribution >= 0.6 is 0 Å². The van der Waals surface area contributed by atoms with E-state index in [2.05, 4.69) is 10.3 Å². The fourth-order valence-corrected chi connectivity index (χ4v) is 4.11. The number of aromatic nitrogens is 2. The van der Waals surface area contributed by atoms with Crippen molar-refractivity contribution in [3.05, 3.63) is 70.0 Å². The lowest BCUT2D eigenvalue weighted by molar-refractivity contribution is -0.129. The number of nitrogens with one attached hydrogen (secondary N) is 1. The van der Waals surface area contributed by atoms with Crippen molar-refractivity contribution in [2.45, 2.75) is 26.9 Å². The molecule has 8 nitrogen and oxygen atoms in total. The molecule has 0 spiro atoms. The van der Waals surface area contributed by atoms with Gasteiger partial charge in [-0.15, -0.1) is 0 Å². The number of amides is 2. The van der Waals surface area contributed by atoms with Gasteiger partial charge in [0.05, 0.1) is 11.2 Å². The summed E-state index contributed by atoms with van der Waals surface area (Å²) < 4.78 is 16.9. The Hall–Kier alpha value is -3.75. The molecule has 1 aliphatic heterocycles. The number of fused-ring (bicyclic) bond motifs is 1. The summed E-state index contributed by atoms with van der Waals surface area (Å²) in [6, 6.07) is 6.43. The minimum atomic E-state index is -0.520. The fraction of sp³-hybridized carbons (Fsp3) is 0.333. The molecule has 3 heterocycles. The van der Waals surface area contributed by atoms with Crippen molar-refractivity contribution in [2.24, 2.45) is 0 Å². The van der Waals surface area contributed by atoms with Gasteiger partial charge in [0.1, 0.15) is 11.4 Å². The molecule has 1 fully saturated rings. The highest BCUT2D eigenvalue weighted by molar-refractivity contribution is 5.97. The first kappa shape index (κ1) is 22.4. The lowest BCUT2D eigenvalue weighted by atomic mass is 10.1. The molecule has 1 saturated heterocycles. The standard InChI is InChI=1S/C24H26FN5O3/c1-3-28-15-19(24(33)27-14-17-4-6-26-7-5-17)23(32)18-12-20(25)22(13-21(18)28)30-10-8-29(9-11-30)16(2)31/h4-7,12-13,15H,3,8-11,14H2,1-2H3,(H,27,33). The number of carbonyl (C=O) groups excluding carboxylic acids is 2. The van der Waals surface area contributed by atoms with Gasteiger partial charge in [0, 0.05) is 70.2 Å². The van der Waals surface area contributed by atoms with Crippen LogP contribution in [-0.4, -0.2) is 52.4 Å². The van der Waals surface area contributed by atoms with E-state index in [9.17, 15) is 14.4 Å². The summed E-state index contributed by atoms with van der Waals surface area (Å²) in [6.07, 6.45) is 4.78. The molecule has 9 heteroatoms. The Balaban J connectivity index is 1.65. The lowest BCUT2D eigenvalue weighted by Gasteiger charge is -2.36. The van der Waals surface area contributed by atoms with Crippen LogP contribution in [0.3, 0.4) is 0 Å². The number of rotatable bonds is 5. The van der Waals surface area contributed by atoms with Gasteiger partial charge < -0.3 is 19.7 Å². The van der Waals surface area contributed by atoms with E-state index in [4.69, 9.17) is 0 Å². The molecule has 0 aliphatic carbocycles. The summed E-state index contributed by atoms with van der Waals surface area (Å²) in [4.78, 5) is 45.0. The Labute approximate surface area is 190 Å². The summed E-state index contributed by atoms with van der Waals surface area (Å²) in [7, 11) is 0. The summed E-state index contributed by atoms with van der Waals surface area (Å²) in [5.74, 6) is -1.03. The molecule has 0 bridgehead atoms. The predicted molar refractivity (Wildman–Crippen MR) is 124 cm³/mol. The average molecular weight is 452 g/mol. The first-order valence-electron chi connectivity index (χ1n) is 10.9. The van der Waals surface area contributed by atoms with E-state index in [0.29, 0.717) is 43.9 Å². The number of anilines is 1. The molecule has 0 saturated carbocycles. The van der Waals surface area contributed by atoms with Crippen LogP contribution in [0.5, 0.6) is 0 Å². The van der Waals surface area contributed by atoms with Crippen molar-refractivity contribution in [1.29, 1.82) is 0 Å². The Kier molecular flexibility index (Phi) is 6.39. The van der Waals surface area contributed by atoms with Crippen molar-refractivity contribution in [3.63, 3.8) is 0 Å². The van der Waals surface area contributed by atoms with Crippen molar-refractivity contribution in [2.75, 3.05) is 31.1 Å². The van der Waals surface area contributed by atoms with Crippen LogP contribution in [0.2, 0.25) is 0 Å². The molecular formula is C24H26FN5O3. The minimum Gasteiger partial charge on any atom is -0.366 e. The maximum Gasteiger partial charge on any atom is 0.257 e. The molecule has 2 aromatic heterocycles. The molecule has 0 unspecified atom stereocenters. The molecule has 1 aromatic carbocycles. The molecule has 0 radical (unpaired) electrons. The SMILES string of the molecule is CCn1cc(C(=O)NCc2ccncc2)c(=O)c2cc(F)c(N3CCN(C(C)=O)CC3)cc21. The van der Waals surface area contributed by atoms with Crippen molar-refractivity contribution in [3.8, 4) is 0 Å². The lowest BCUT2D eigenvalue weighted by Crippen LogP contribution is -2.48. The Morgan fingerprint density at radius 2 is 1.82 bits per heavy atom. The van der Waals surface area contributed by atoms with E-state index in [1.807, 2.05) is 11.8 Å². The molecule has 1 N–H and O–H groups in total. The van der Waals surface area contributed by atoms with Gasteiger partial charge in [-0.25, -0.2) is 4.39 Å². The highest BCUT2D eigenvalue weighted by atomic mass is 19.1. The number of hydrogen-bond donors (Lipinski definition) is 1. The van der Waals surface area contributed by atoms with Crippen LogP contribution in [0, 0.1) is 5.82 Å². The van der Waals surface area contributed by atoms with E-state index in [1.54, 1.807) is 40.1 Å². The van der Waals surface area contributed by atoms with E-state index in [-0.39, 0.29) is 23.4 Å². The monoisotopic (exact) mass is 451 g/mol. The topological polar surface area (TPSA) is 87.5 Å². The smallest absolute Gasteiger partial charge is 0.257 e. The molecule has 172 valence electrons. The second-order valence-electron chi connectivity index (χ2n) is 8.01. The number of benzene rings is 1. The van der Waals surface area contributed by atoms with Crippen LogP contribution in [0.4, 0.5) is 10.1 Å². The zero-order valence-electron chi connectivity index (χ0n) is 18.7. The van der Waals surface area contributed by atoms with Gasteiger partial charge in [0.15, 0.2) is 0 Å². The van der Waals surface area contributed by atoms with Crippen LogP contribution in [0.25, 0.3) is 10.9 Å². The normalized spacial score (nSPS) is 13.9. The number of nitrogens with zero attached hydrogens (tertiary/aromatic N) is 4. The zero-order chi connectivity index (χ0) is 23.5. The number of hydrogen-bond acceptors (Lipinski definition) is 5. The van der Waals surface area contributed by atoms with Gasteiger partial charge in [0.25, 0.3) is 5.91 Å². The number of carbonyl (C=O) groups is 2. The Bertz CT molecular complexity index is 1250. The van der Waals surface area contributed by atoms with Crippen molar-refractivity contribution < 1.29 is 14.0 Å². The van der Waals surface area contributed by atoms with Crippen LogP contribution in [0.1, 0.15) is 29.8 Å². The van der Waals surface area contributed by atoms with Gasteiger partial charge in [-0.05, 0) is 36.8 Å². The molecule has 3 aromatic rings. The maximum atomic E-state index is 15.1. The van der Waals surface area contributed by atoms with E-state index < -0.39 is 17.2 Å². The summed E-state index contributed by atoms with van der Waals surface area (Å²) >= 11 is 0. The average Bonchev–Trinajstić information content (AvgIpc) is 2.83. The summed E-state index contributed by atoms with van der Waals surface area (Å²) in [5, 5.41) is 2.91. The second-order valence-corrected chi connectivity index (χ2v) is 8.01. The summed E-state index contributed by atoms with van der Waals surface area (Å²) in [6.45, 7) is 6.24. The number of aryl methyl sites for hydroxylation is 1. The van der Waals surface area contributed by atoms with Gasteiger partial charge in [-0.2, -0.15) is 0 Å². The fourth-order valence-electron chi connectivity index (χ4n) is 4.11. The second kappa shape index (κ2) is 9.40. The largest absolute Gasteiger partial charge is 0.366 e. The Morgan fingerprint density at radius 3 is 2.45 bits per heavy atom. The molecular weight excluding hydrogens is 425 g/mol. The highest BCUT2D eigenvalue weighted by Gasteiger charge is 2.23. The number of piperazine rings is 1. The van der Waals surface area contributed by atoms with E-state index in [1.165, 1.54) is 19.2 Å².